The zero-order chi connectivity index (χ0) is 58.4. The van der Waals surface area contributed by atoms with E-state index in [2.05, 4.69) is 42.5 Å². The van der Waals surface area contributed by atoms with Crippen LogP contribution in [0.5, 0.6) is 0 Å². The molecular formula is C62H80N10O8. The van der Waals surface area contributed by atoms with Crippen molar-refractivity contribution in [2.45, 2.75) is 142 Å². The Labute approximate surface area is 469 Å². The molecule has 2 heterocycles. The number of fused-ring (bicyclic) bond motifs is 2. The van der Waals surface area contributed by atoms with Gasteiger partial charge in [-0.15, -0.1) is 0 Å². The minimum absolute atomic E-state index is 0.0455. The molecular weight excluding hydrogens is 1010 g/mol. The fourth-order valence-corrected chi connectivity index (χ4v) is 10.7. The Morgan fingerprint density at radius 1 is 0.475 bits per heavy atom. The second kappa shape index (κ2) is 25.2. The molecule has 5 aromatic carbocycles. The van der Waals surface area contributed by atoms with Gasteiger partial charge in [0.1, 0.15) is 24.2 Å². The Hall–Kier alpha value is -7.70. The van der Waals surface area contributed by atoms with E-state index in [1.165, 1.54) is 15.9 Å². The van der Waals surface area contributed by atoms with Crippen molar-refractivity contribution in [2.24, 2.45) is 10.8 Å². The molecule has 2 unspecified atom stereocenters. The minimum Gasteiger partial charge on any atom is -0.348 e. The van der Waals surface area contributed by atoms with E-state index in [1.54, 1.807) is 46.1 Å². The lowest BCUT2D eigenvalue weighted by Gasteiger charge is -2.36. The van der Waals surface area contributed by atoms with Gasteiger partial charge < -0.3 is 52.3 Å². The monoisotopic (exact) mass is 1090 g/mol. The molecule has 5 aromatic rings. The SMILES string of the molecule is CN[C@@H](C)C(=O)NC(C(=O)N1C[C@@H](NC(=O)c2cccc(C(=O)N[C@H]3CC(C(=O)N[C@H](C)c4cccc5ccccc45)N(C(=O)[C@@H](NC(=O)[C@H](C)NC)C(C)(C)C)C3)c2)C[C@H]1C(=O)N[C@H](C)c1cccc2ccccc12)C(C)(C)C. The van der Waals surface area contributed by atoms with Crippen LogP contribution < -0.4 is 42.5 Å². The number of likely N-dealkylation sites (tertiary alicyclic amines) is 2. The van der Waals surface area contributed by atoms with Crippen LogP contribution in [0.3, 0.4) is 0 Å². The third-order valence-corrected chi connectivity index (χ3v) is 15.6. The molecule has 2 fully saturated rings. The average Bonchev–Trinajstić information content (AvgIpc) is 4.17. The van der Waals surface area contributed by atoms with Crippen molar-refractivity contribution in [3.05, 3.63) is 131 Å². The largest absolute Gasteiger partial charge is 0.348 e. The third-order valence-electron chi connectivity index (χ3n) is 15.6. The summed E-state index contributed by atoms with van der Waals surface area (Å²) < 4.78 is 0. The number of carbonyl (C=O) groups excluding carboxylic acids is 8. The average molecular weight is 1090 g/mol. The zero-order valence-electron chi connectivity index (χ0n) is 48.2. The molecule has 18 nitrogen and oxygen atoms in total. The van der Waals surface area contributed by atoms with Gasteiger partial charge in [-0.05, 0) is 116 Å². The molecule has 8 N–H and O–H groups in total. The predicted octanol–water partition coefficient (Wildman–Crippen LogP) is 5.42. The van der Waals surface area contributed by atoms with Crippen LogP contribution >= 0.6 is 0 Å². The second-order valence-electron chi connectivity index (χ2n) is 23.6. The van der Waals surface area contributed by atoms with Crippen molar-refractivity contribution in [3.63, 3.8) is 0 Å². The first-order valence-electron chi connectivity index (χ1n) is 27.6. The maximum Gasteiger partial charge on any atom is 0.251 e. The third kappa shape index (κ3) is 13.8. The van der Waals surface area contributed by atoms with Crippen LogP contribution in [-0.2, 0) is 28.8 Å². The van der Waals surface area contributed by atoms with E-state index in [4.69, 9.17) is 0 Å². The van der Waals surface area contributed by atoms with E-state index >= 15 is 0 Å². The zero-order valence-corrected chi connectivity index (χ0v) is 48.2. The highest BCUT2D eigenvalue weighted by molar-refractivity contribution is 6.01. The van der Waals surface area contributed by atoms with Crippen LogP contribution in [0.4, 0.5) is 0 Å². The minimum atomic E-state index is -1.03. The number of benzene rings is 5. The number of hydrogen-bond donors (Lipinski definition) is 8. The normalized spacial score (nSPS) is 19.7. The van der Waals surface area contributed by atoms with Crippen molar-refractivity contribution in [1.29, 1.82) is 0 Å². The first-order valence-corrected chi connectivity index (χ1v) is 27.6. The highest BCUT2D eigenvalue weighted by Crippen LogP contribution is 2.31. The van der Waals surface area contributed by atoms with Gasteiger partial charge in [-0.1, -0.05) is 133 Å². The molecule has 426 valence electrons. The molecule has 18 heteroatoms. The number of amides is 8. The second-order valence-corrected chi connectivity index (χ2v) is 23.6. The van der Waals surface area contributed by atoms with Gasteiger partial charge in [-0.25, -0.2) is 0 Å². The number of nitrogens with one attached hydrogen (secondary N) is 8. The summed E-state index contributed by atoms with van der Waals surface area (Å²) in [4.78, 5) is 116. The first-order chi connectivity index (χ1) is 37.8. The van der Waals surface area contributed by atoms with E-state index in [1.807, 2.05) is 140 Å². The fraction of sp³-hybridized carbons (Fsp3) is 0.452. The summed E-state index contributed by atoms with van der Waals surface area (Å²) in [5.41, 5.74) is 0.514. The summed E-state index contributed by atoms with van der Waals surface area (Å²) >= 11 is 0. The molecule has 2 aliphatic rings. The highest BCUT2D eigenvalue weighted by atomic mass is 16.2. The standard InChI is InChI=1S/C62H80N10O8/c1-35(45-28-18-22-39-20-13-15-26-47(39)45)65-57(77)49-31-43(33-71(49)59(79)51(61(5,6)7)69-53(73)37(3)63-11)67-55(75)41-24-17-25-42(30-41)56(76)68-44-32-50(58(78)66-36(2)46-29-19-23-40-21-14-16-27-48(40)46)72(34-44)60(80)52(62(8,9)10)70-54(74)38(4)64-12/h13-30,35-38,43-44,49-52,63-64H,31-34H2,1-12H3,(H,65,77)(H,66,78)(H,67,75)(H,68,76)(H,69,73)(H,70,74)/t35-,36-,37+,38+,43+,44+,49+,50?,51?,52-/m1/s1. The lowest BCUT2D eigenvalue weighted by Crippen LogP contribution is -2.59. The summed E-state index contributed by atoms with van der Waals surface area (Å²) in [5.74, 6) is -3.69. The van der Waals surface area contributed by atoms with Crippen LogP contribution in [0.1, 0.15) is 126 Å². The quantitative estimate of drug-likeness (QED) is 0.0554. The molecule has 7 rings (SSSR count). The number of rotatable bonds is 18. The van der Waals surface area contributed by atoms with Crippen molar-refractivity contribution >= 4 is 68.8 Å². The van der Waals surface area contributed by atoms with Gasteiger partial charge in [0.15, 0.2) is 0 Å². The number of nitrogens with zero attached hydrogens (tertiary/aromatic N) is 2. The highest BCUT2D eigenvalue weighted by Gasteiger charge is 2.48. The van der Waals surface area contributed by atoms with E-state index in [-0.39, 0.29) is 48.9 Å². The van der Waals surface area contributed by atoms with E-state index < -0.39 is 107 Å². The van der Waals surface area contributed by atoms with E-state index in [0.717, 1.165) is 32.7 Å². The van der Waals surface area contributed by atoms with Crippen LogP contribution in [0, 0.1) is 10.8 Å². The Morgan fingerprint density at radius 3 is 1.19 bits per heavy atom. The van der Waals surface area contributed by atoms with Crippen molar-refractivity contribution < 1.29 is 38.4 Å². The number of likely N-dealkylation sites (N-methyl/N-ethyl adjacent to an activating group) is 2. The van der Waals surface area contributed by atoms with Gasteiger partial charge in [0.05, 0.1) is 24.2 Å². The summed E-state index contributed by atoms with van der Waals surface area (Å²) in [5, 5.41) is 27.9. The van der Waals surface area contributed by atoms with Crippen LogP contribution in [0.25, 0.3) is 21.5 Å². The number of hydrogen-bond acceptors (Lipinski definition) is 10. The lowest BCUT2D eigenvalue weighted by atomic mass is 9.85. The van der Waals surface area contributed by atoms with Crippen LogP contribution in [-0.4, -0.2) is 133 Å². The Morgan fingerprint density at radius 2 is 0.825 bits per heavy atom. The molecule has 0 radical (unpaired) electrons. The van der Waals surface area contributed by atoms with E-state index in [9.17, 15) is 38.4 Å². The molecule has 0 aromatic heterocycles. The molecule has 0 saturated carbocycles. The smallest absolute Gasteiger partial charge is 0.251 e. The van der Waals surface area contributed by atoms with Gasteiger partial charge in [-0.3, -0.25) is 38.4 Å². The maximum absolute atomic E-state index is 14.8. The summed E-state index contributed by atoms with van der Waals surface area (Å²) in [6.07, 6.45) is 0.119. The molecule has 2 saturated heterocycles. The van der Waals surface area contributed by atoms with Gasteiger partial charge in [0.2, 0.25) is 35.4 Å². The fourth-order valence-electron chi connectivity index (χ4n) is 10.7. The molecule has 0 bridgehead atoms. The van der Waals surface area contributed by atoms with Gasteiger partial charge in [-0.2, -0.15) is 0 Å². The maximum atomic E-state index is 14.8. The van der Waals surface area contributed by atoms with Crippen LogP contribution in [0.15, 0.2) is 109 Å². The number of carbonyl (C=O) groups is 8. The lowest BCUT2D eigenvalue weighted by molar-refractivity contribution is -0.144. The van der Waals surface area contributed by atoms with Crippen molar-refractivity contribution in [3.8, 4) is 0 Å². The van der Waals surface area contributed by atoms with Crippen LogP contribution in [0.2, 0.25) is 0 Å². The van der Waals surface area contributed by atoms with E-state index in [0.29, 0.717) is 0 Å². The van der Waals surface area contributed by atoms with Crippen molar-refractivity contribution in [2.75, 3.05) is 27.2 Å². The van der Waals surface area contributed by atoms with Gasteiger partial charge in [0, 0.05) is 36.3 Å². The molecule has 2 aliphatic heterocycles. The predicted molar refractivity (Wildman–Crippen MR) is 310 cm³/mol. The topological polar surface area (TPSA) is 239 Å². The Bertz CT molecular complexity index is 2920. The summed E-state index contributed by atoms with van der Waals surface area (Å²) in [7, 11) is 3.29. The summed E-state index contributed by atoms with van der Waals surface area (Å²) in [6.45, 7) is 18.0. The first kappa shape index (κ1) is 60.0. The molecule has 80 heavy (non-hydrogen) atoms. The summed E-state index contributed by atoms with van der Waals surface area (Å²) in [6, 6.07) is 25.9. The Balaban J connectivity index is 1.10. The molecule has 0 aliphatic carbocycles. The van der Waals surface area contributed by atoms with Gasteiger partial charge >= 0.3 is 0 Å². The molecule has 10 atom stereocenters. The Kier molecular flexibility index (Phi) is 18.9. The van der Waals surface area contributed by atoms with Gasteiger partial charge in [0.25, 0.3) is 11.8 Å². The molecule has 0 spiro atoms. The molecule has 8 amide bonds. The van der Waals surface area contributed by atoms with Crippen molar-refractivity contribution in [1.82, 2.24) is 52.3 Å².